The summed E-state index contributed by atoms with van der Waals surface area (Å²) in [6, 6.07) is 7.48. The maximum absolute atomic E-state index is 4.17. The predicted molar refractivity (Wildman–Crippen MR) is 142 cm³/mol. The summed E-state index contributed by atoms with van der Waals surface area (Å²) in [5, 5.41) is 0. The van der Waals surface area contributed by atoms with Crippen LogP contribution in [0.25, 0.3) is 5.57 Å². The van der Waals surface area contributed by atoms with E-state index in [2.05, 4.69) is 92.6 Å². The molecule has 2 aliphatic heterocycles. The number of benzene rings is 1. The molecule has 1 aromatic rings. The fourth-order valence-corrected chi connectivity index (χ4v) is 4.97. The number of likely N-dealkylation sites (N-methyl/N-ethyl adjacent to an activating group) is 1. The molecular weight excluding hydrogens is 390 g/mol. The van der Waals surface area contributed by atoms with Gasteiger partial charge >= 0.3 is 0 Å². The predicted octanol–water partition coefficient (Wildman–Crippen LogP) is 6.28. The molecule has 0 spiro atoms. The van der Waals surface area contributed by atoms with Crippen LogP contribution in [-0.4, -0.2) is 60.5 Å². The highest BCUT2D eigenvalue weighted by molar-refractivity contribution is 5.80. The lowest BCUT2D eigenvalue weighted by molar-refractivity contribution is 0.0830. The minimum atomic E-state index is 0. The third kappa shape index (κ3) is 6.02. The van der Waals surface area contributed by atoms with Gasteiger partial charge in [-0.2, -0.15) is 0 Å². The Morgan fingerprint density at radius 1 is 1.22 bits per heavy atom. The first-order chi connectivity index (χ1) is 15.5. The van der Waals surface area contributed by atoms with E-state index in [-0.39, 0.29) is 1.43 Å². The van der Waals surface area contributed by atoms with E-state index in [1.807, 2.05) is 6.08 Å². The standard InChI is InChI=1S/C29H43N3.H2/c1-7-15-32-19-18-31(22-24(32)5)16-10-11-26-14-17-30(6)29(21-26)27(9-3)28-20-25(8-2)13-12-23(28)4;/h9,12-14,17,20-21,24H,3,7-8,10-11,15-16,18-19,22H2,1-2,4-6H3;1H/b29-27+;. The van der Waals surface area contributed by atoms with Crippen molar-refractivity contribution in [2.45, 2.75) is 59.4 Å². The van der Waals surface area contributed by atoms with Crippen molar-refractivity contribution >= 4 is 5.57 Å². The van der Waals surface area contributed by atoms with Crippen LogP contribution in [0.2, 0.25) is 0 Å². The molecule has 2 aliphatic rings. The number of hydrogen-bond acceptors (Lipinski definition) is 3. The fraction of sp³-hybridized carbons (Fsp3) is 0.517. The summed E-state index contributed by atoms with van der Waals surface area (Å²) >= 11 is 0. The molecule has 0 N–H and O–H groups in total. The van der Waals surface area contributed by atoms with Gasteiger partial charge < -0.3 is 9.80 Å². The van der Waals surface area contributed by atoms with Gasteiger partial charge in [0.25, 0.3) is 0 Å². The van der Waals surface area contributed by atoms with Crippen LogP contribution in [0.3, 0.4) is 0 Å². The van der Waals surface area contributed by atoms with Crippen molar-refractivity contribution < 1.29 is 1.43 Å². The Bertz CT molecular complexity index is 883. The zero-order valence-electron chi connectivity index (χ0n) is 21.0. The fourth-order valence-electron chi connectivity index (χ4n) is 4.97. The first-order valence-electron chi connectivity index (χ1n) is 12.5. The molecule has 0 amide bonds. The van der Waals surface area contributed by atoms with Crippen LogP contribution < -0.4 is 0 Å². The Kier molecular flexibility index (Phi) is 8.95. The van der Waals surface area contributed by atoms with E-state index in [9.17, 15) is 0 Å². The van der Waals surface area contributed by atoms with Crippen LogP contribution in [0.1, 0.15) is 58.2 Å². The van der Waals surface area contributed by atoms with Crippen LogP contribution >= 0.6 is 0 Å². The van der Waals surface area contributed by atoms with E-state index < -0.39 is 0 Å². The van der Waals surface area contributed by atoms with E-state index >= 15 is 0 Å². The number of nitrogens with zero attached hydrogens (tertiary/aromatic N) is 3. The molecule has 2 heterocycles. The number of rotatable bonds is 9. The van der Waals surface area contributed by atoms with Gasteiger partial charge in [-0.25, -0.2) is 0 Å². The normalized spacial score (nSPS) is 21.6. The molecular formula is C29H45N3. The Balaban J connectivity index is 0.00000385. The van der Waals surface area contributed by atoms with Crippen LogP contribution in [0, 0.1) is 6.92 Å². The zero-order chi connectivity index (χ0) is 23.1. The number of hydrogen-bond donors (Lipinski definition) is 0. The highest BCUT2D eigenvalue weighted by Gasteiger charge is 2.22. The SMILES string of the molecule is C=C/C(=C1/C=C(CCCN2CCN(CCC)C(C)C2)C=CN1C)c1cc(CC)ccc1C.[HH]. The van der Waals surface area contributed by atoms with Gasteiger partial charge in [0, 0.05) is 51.6 Å². The lowest BCUT2D eigenvalue weighted by Crippen LogP contribution is -2.52. The number of aryl methyl sites for hydroxylation is 2. The first-order valence-corrected chi connectivity index (χ1v) is 12.5. The van der Waals surface area contributed by atoms with Crippen LogP contribution in [-0.2, 0) is 6.42 Å². The molecule has 1 aromatic carbocycles. The van der Waals surface area contributed by atoms with Crippen molar-refractivity contribution in [1.82, 2.24) is 14.7 Å². The van der Waals surface area contributed by atoms with Gasteiger partial charge in [0.05, 0.1) is 0 Å². The van der Waals surface area contributed by atoms with Gasteiger partial charge in [-0.1, -0.05) is 44.7 Å². The van der Waals surface area contributed by atoms with E-state index in [1.165, 1.54) is 79.1 Å². The molecule has 0 aliphatic carbocycles. The minimum absolute atomic E-state index is 0. The average molecular weight is 436 g/mol. The molecule has 1 atom stereocenters. The number of allylic oxidation sites excluding steroid dienone is 5. The number of piperazine rings is 1. The van der Waals surface area contributed by atoms with Gasteiger partial charge in [-0.3, -0.25) is 4.90 Å². The highest BCUT2D eigenvalue weighted by atomic mass is 15.3. The lowest BCUT2D eigenvalue weighted by Gasteiger charge is -2.39. The smallest absolute Gasteiger partial charge is 0.0485 e. The Morgan fingerprint density at radius 3 is 2.72 bits per heavy atom. The Labute approximate surface area is 198 Å². The summed E-state index contributed by atoms with van der Waals surface area (Å²) < 4.78 is 0. The van der Waals surface area contributed by atoms with E-state index in [0.717, 1.165) is 12.8 Å². The van der Waals surface area contributed by atoms with E-state index in [4.69, 9.17) is 0 Å². The second-order valence-electron chi connectivity index (χ2n) is 9.44. The van der Waals surface area contributed by atoms with Gasteiger partial charge in [-0.05, 0) is 87.0 Å². The molecule has 3 heteroatoms. The zero-order valence-corrected chi connectivity index (χ0v) is 21.0. The van der Waals surface area contributed by atoms with Gasteiger partial charge in [0.15, 0.2) is 0 Å². The van der Waals surface area contributed by atoms with Crippen molar-refractivity contribution in [3.8, 4) is 0 Å². The largest absolute Gasteiger partial charge is 0.351 e. The summed E-state index contributed by atoms with van der Waals surface area (Å²) in [6.07, 6.45) is 13.5. The van der Waals surface area contributed by atoms with Crippen molar-refractivity contribution in [2.24, 2.45) is 0 Å². The van der Waals surface area contributed by atoms with Crippen LogP contribution in [0.15, 0.2) is 60.5 Å². The van der Waals surface area contributed by atoms with Gasteiger partial charge in [0.1, 0.15) is 0 Å². The molecule has 0 radical (unpaired) electrons. The van der Waals surface area contributed by atoms with Gasteiger partial charge in [-0.15, -0.1) is 0 Å². The summed E-state index contributed by atoms with van der Waals surface area (Å²) in [7, 11) is 2.14. The lowest BCUT2D eigenvalue weighted by atomic mass is 9.93. The van der Waals surface area contributed by atoms with Gasteiger partial charge in [0.2, 0.25) is 0 Å². The molecule has 0 aromatic heterocycles. The van der Waals surface area contributed by atoms with Crippen molar-refractivity contribution in [3.63, 3.8) is 0 Å². The molecule has 32 heavy (non-hydrogen) atoms. The molecule has 0 saturated carbocycles. The topological polar surface area (TPSA) is 9.72 Å². The maximum atomic E-state index is 4.17. The van der Waals surface area contributed by atoms with Crippen molar-refractivity contribution in [1.29, 1.82) is 0 Å². The van der Waals surface area contributed by atoms with Crippen molar-refractivity contribution in [3.05, 3.63) is 77.2 Å². The van der Waals surface area contributed by atoms with Crippen LogP contribution in [0.5, 0.6) is 0 Å². The Morgan fingerprint density at radius 2 is 2.03 bits per heavy atom. The first kappa shape index (κ1) is 24.5. The third-order valence-corrected chi connectivity index (χ3v) is 6.99. The molecule has 1 fully saturated rings. The molecule has 1 saturated heterocycles. The second-order valence-corrected chi connectivity index (χ2v) is 9.44. The maximum Gasteiger partial charge on any atom is 0.0485 e. The average Bonchev–Trinajstić information content (AvgIpc) is 2.79. The summed E-state index contributed by atoms with van der Waals surface area (Å²) in [5.74, 6) is 0. The Hall–Kier alpha value is -2.10. The van der Waals surface area contributed by atoms with Crippen molar-refractivity contribution in [2.75, 3.05) is 39.8 Å². The highest BCUT2D eigenvalue weighted by Crippen LogP contribution is 2.30. The molecule has 3 rings (SSSR count). The molecule has 1 unspecified atom stereocenters. The molecule has 176 valence electrons. The molecule has 3 nitrogen and oxygen atoms in total. The third-order valence-electron chi connectivity index (χ3n) is 6.99. The van der Waals surface area contributed by atoms with E-state index in [0.29, 0.717) is 6.04 Å². The quantitative estimate of drug-likeness (QED) is 0.452. The second kappa shape index (κ2) is 11.7. The summed E-state index contributed by atoms with van der Waals surface area (Å²) in [4.78, 5) is 7.52. The van der Waals surface area contributed by atoms with E-state index in [1.54, 1.807) is 0 Å². The summed E-state index contributed by atoms with van der Waals surface area (Å²) in [5.41, 5.74) is 7.86. The van der Waals surface area contributed by atoms with Crippen LogP contribution in [0.4, 0.5) is 0 Å². The minimum Gasteiger partial charge on any atom is -0.351 e. The molecule has 0 bridgehead atoms. The monoisotopic (exact) mass is 435 g/mol. The summed E-state index contributed by atoms with van der Waals surface area (Å²) in [6.45, 7) is 19.3.